The third-order valence-electron chi connectivity index (χ3n) is 2.25. The summed E-state index contributed by atoms with van der Waals surface area (Å²) < 4.78 is 51.4. The Kier molecular flexibility index (Phi) is 4.01. The van der Waals surface area contributed by atoms with E-state index in [0.717, 1.165) is 18.3 Å². The molecule has 2 aromatic rings. The second-order valence-corrected chi connectivity index (χ2v) is 4.40. The maximum atomic E-state index is 13.4. The normalized spacial score (nSPS) is 11.5. The zero-order valence-corrected chi connectivity index (χ0v) is 11.0. The standard InChI is InChI=1S/C11H5Cl2F4N3/c12-7-2-1-5(3-6(7)11(15,16)17)19-9-8(14)4-18-10(13)20-9/h1-4H,(H,18,19,20). The van der Waals surface area contributed by atoms with Gasteiger partial charge in [0.1, 0.15) is 0 Å². The molecule has 1 N–H and O–H groups in total. The van der Waals surface area contributed by atoms with Gasteiger partial charge in [0, 0.05) is 5.69 Å². The predicted molar refractivity (Wildman–Crippen MR) is 66.7 cm³/mol. The molecule has 0 aliphatic rings. The van der Waals surface area contributed by atoms with Crippen molar-refractivity contribution in [2.24, 2.45) is 0 Å². The molecule has 0 saturated carbocycles. The van der Waals surface area contributed by atoms with Gasteiger partial charge in [-0.1, -0.05) is 11.6 Å². The third kappa shape index (κ3) is 3.29. The Bertz CT molecular complexity index is 646. The number of benzene rings is 1. The van der Waals surface area contributed by atoms with Crippen LogP contribution >= 0.6 is 23.2 Å². The van der Waals surface area contributed by atoms with Gasteiger partial charge in [-0.2, -0.15) is 18.2 Å². The summed E-state index contributed by atoms with van der Waals surface area (Å²) in [5.41, 5.74) is -1.07. The number of rotatable bonds is 2. The van der Waals surface area contributed by atoms with E-state index in [9.17, 15) is 17.6 Å². The number of halogens is 6. The maximum Gasteiger partial charge on any atom is 0.417 e. The lowest BCUT2D eigenvalue weighted by molar-refractivity contribution is -0.137. The number of hydrogen-bond acceptors (Lipinski definition) is 3. The van der Waals surface area contributed by atoms with Gasteiger partial charge in [0.05, 0.1) is 16.8 Å². The van der Waals surface area contributed by atoms with Gasteiger partial charge < -0.3 is 5.32 Å². The first-order valence-electron chi connectivity index (χ1n) is 5.09. The Labute approximate surface area is 120 Å². The van der Waals surface area contributed by atoms with E-state index >= 15 is 0 Å². The smallest absolute Gasteiger partial charge is 0.338 e. The summed E-state index contributed by atoms with van der Waals surface area (Å²) in [5, 5.41) is 1.69. The van der Waals surface area contributed by atoms with Crippen LogP contribution in [0.1, 0.15) is 5.56 Å². The van der Waals surface area contributed by atoms with Crippen LogP contribution in [-0.4, -0.2) is 9.97 Å². The number of aromatic nitrogens is 2. The number of hydrogen-bond donors (Lipinski definition) is 1. The summed E-state index contributed by atoms with van der Waals surface area (Å²) in [6, 6.07) is 3.05. The summed E-state index contributed by atoms with van der Waals surface area (Å²) in [7, 11) is 0. The number of nitrogens with one attached hydrogen (secondary N) is 1. The zero-order chi connectivity index (χ0) is 14.9. The Morgan fingerprint density at radius 3 is 2.50 bits per heavy atom. The Morgan fingerprint density at radius 2 is 1.85 bits per heavy atom. The van der Waals surface area contributed by atoms with Crippen molar-refractivity contribution in [3.05, 3.63) is 46.1 Å². The molecule has 1 aromatic heterocycles. The highest BCUT2D eigenvalue weighted by Gasteiger charge is 2.33. The van der Waals surface area contributed by atoms with Gasteiger partial charge >= 0.3 is 6.18 Å². The first-order valence-corrected chi connectivity index (χ1v) is 5.85. The minimum Gasteiger partial charge on any atom is -0.338 e. The van der Waals surface area contributed by atoms with E-state index in [0.29, 0.717) is 0 Å². The molecule has 0 amide bonds. The molecule has 0 radical (unpaired) electrons. The SMILES string of the molecule is Fc1cnc(Cl)nc1Nc1ccc(Cl)c(C(F)(F)F)c1. The molecule has 0 unspecified atom stereocenters. The van der Waals surface area contributed by atoms with Crippen molar-refractivity contribution in [1.29, 1.82) is 0 Å². The minimum atomic E-state index is -4.61. The van der Waals surface area contributed by atoms with Crippen molar-refractivity contribution in [2.75, 3.05) is 5.32 Å². The van der Waals surface area contributed by atoms with E-state index in [4.69, 9.17) is 23.2 Å². The molecule has 0 saturated heterocycles. The first kappa shape index (κ1) is 14.8. The monoisotopic (exact) mass is 325 g/mol. The molecule has 0 fully saturated rings. The number of anilines is 2. The molecule has 0 aliphatic heterocycles. The first-order chi connectivity index (χ1) is 9.27. The predicted octanol–water partition coefficient (Wildman–Crippen LogP) is 4.68. The van der Waals surface area contributed by atoms with Crippen molar-refractivity contribution < 1.29 is 17.6 Å². The highest BCUT2D eigenvalue weighted by Crippen LogP contribution is 2.36. The van der Waals surface area contributed by atoms with Gasteiger partial charge in [0.25, 0.3) is 0 Å². The van der Waals surface area contributed by atoms with Crippen molar-refractivity contribution >= 4 is 34.7 Å². The van der Waals surface area contributed by atoms with Gasteiger partial charge in [-0.3, -0.25) is 0 Å². The van der Waals surface area contributed by atoms with Gasteiger partial charge in [-0.25, -0.2) is 9.37 Å². The lowest BCUT2D eigenvalue weighted by atomic mass is 10.2. The number of alkyl halides is 3. The van der Waals surface area contributed by atoms with E-state index in [1.807, 2.05) is 0 Å². The fourth-order valence-corrected chi connectivity index (χ4v) is 1.75. The van der Waals surface area contributed by atoms with Crippen LogP contribution in [-0.2, 0) is 6.18 Å². The average molecular weight is 326 g/mol. The largest absolute Gasteiger partial charge is 0.417 e. The molecular formula is C11H5Cl2F4N3. The topological polar surface area (TPSA) is 37.8 Å². The third-order valence-corrected chi connectivity index (χ3v) is 2.76. The van der Waals surface area contributed by atoms with E-state index < -0.39 is 22.6 Å². The molecule has 9 heteroatoms. The molecule has 2 rings (SSSR count). The average Bonchev–Trinajstić information content (AvgIpc) is 2.35. The van der Waals surface area contributed by atoms with Gasteiger partial charge in [0.15, 0.2) is 11.6 Å². The molecule has 3 nitrogen and oxygen atoms in total. The van der Waals surface area contributed by atoms with Crippen LogP contribution in [0.4, 0.5) is 29.1 Å². The van der Waals surface area contributed by atoms with E-state index in [-0.39, 0.29) is 16.8 Å². The Morgan fingerprint density at radius 1 is 1.15 bits per heavy atom. The molecule has 20 heavy (non-hydrogen) atoms. The van der Waals surface area contributed by atoms with Crippen LogP contribution in [0.25, 0.3) is 0 Å². The van der Waals surface area contributed by atoms with Crippen LogP contribution in [0, 0.1) is 5.82 Å². The van der Waals surface area contributed by atoms with Crippen molar-refractivity contribution in [1.82, 2.24) is 9.97 Å². The molecule has 0 atom stereocenters. The van der Waals surface area contributed by atoms with Crippen LogP contribution in [0.3, 0.4) is 0 Å². The summed E-state index contributed by atoms with van der Waals surface area (Å²) in [6.45, 7) is 0. The van der Waals surface area contributed by atoms with Gasteiger partial charge in [0.2, 0.25) is 5.28 Å². The van der Waals surface area contributed by atoms with E-state index in [1.54, 1.807) is 0 Å². The zero-order valence-electron chi connectivity index (χ0n) is 9.47. The fraction of sp³-hybridized carbons (Fsp3) is 0.0909. The molecule has 1 aromatic carbocycles. The van der Waals surface area contributed by atoms with Crippen LogP contribution in [0.15, 0.2) is 24.4 Å². The minimum absolute atomic E-state index is 0.0320. The molecule has 0 bridgehead atoms. The summed E-state index contributed by atoms with van der Waals surface area (Å²) in [5.74, 6) is -1.18. The highest BCUT2D eigenvalue weighted by molar-refractivity contribution is 6.31. The summed E-state index contributed by atoms with van der Waals surface area (Å²) >= 11 is 11.0. The summed E-state index contributed by atoms with van der Waals surface area (Å²) in [6.07, 6.45) is -3.81. The van der Waals surface area contributed by atoms with Gasteiger partial charge in [-0.05, 0) is 29.8 Å². The summed E-state index contributed by atoms with van der Waals surface area (Å²) in [4.78, 5) is 6.93. The molecule has 0 spiro atoms. The maximum absolute atomic E-state index is 13.4. The van der Waals surface area contributed by atoms with Crippen molar-refractivity contribution in [2.45, 2.75) is 6.18 Å². The second kappa shape index (κ2) is 5.41. The van der Waals surface area contributed by atoms with Crippen molar-refractivity contribution in [3.8, 4) is 0 Å². The van der Waals surface area contributed by atoms with Crippen LogP contribution in [0.2, 0.25) is 10.3 Å². The lowest BCUT2D eigenvalue weighted by Gasteiger charge is -2.12. The Hall–Kier alpha value is -1.60. The van der Waals surface area contributed by atoms with E-state index in [1.165, 1.54) is 6.07 Å². The van der Waals surface area contributed by atoms with E-state index in [2.05, 4.69) is 15.3 Å². The van der Waals surface area contributed by atoms with Crippen LogP contribution in [0.5, 0.6) is 0 Å². The van der Waals surface area contributed by atoms with Crippen molar-refractivity contribution in [3.63, 3.8) is 0 Å². The molecular weight excluding hydrogens is 321 g/mol. The Balaban J connectivity index is 2.37. The fourth-order valence-electron chi connectivity index (χ4n) is 1.39. The second-order valence-electron chi connectivity index (χ2n) is 3.65. The highest BCUT2D eigenvalue weighted by atomic mass is 35.5. The molecule has 1 heterocycles. The number of nitrogens with zero attached hydrogens (tertiary/aromatic N) is 2. The van der Waals surface area contributed by atoms with Gasteiger partial charge in [-0.15, -0.1) is 0 Å². The molecule has 106 valence electrons. The quantitative estimate of drug-likeness (QED) is 0.643. The molecule has 0 aliphatic carbocycles. The van der Waals surface area contributed by atoms with Crippen LogP contribution < -0.4 is 5.32 Å². The lowest BCUT2D eigenvalue weighted by Crippen LogP contribution is -2.07.